The Morgan fingerprint density at radius 2 is 1.20 bits per heavy atom. The third-order valence-electron chi connectivity index (χ3n) is 4.45. The largest absolute Gasteiger partial charge is 0.290 e. The Labute approximate surface area is 119 Å². The maximum atomic E-state index is 12.3. The minimum Gasteiger partial charge on any atom is -0.290 e. The van der Waals surface area contributed by atoms with Crippen LogP contribution in [-0.2, 0) is 9.59 Å². The lowest BCUT2D eigenvalue weighted by Crippen LogP contribution is -2.22. The Morgan fingerprint density at radius 1 is 0.750 bits per heavy atom. The fourth-order valence-electron chi connectivity index (χ4n) is 3.31. The summed E-state index contributed by atoms with van der Waals surface area (Å²) in [6.45, 7) is 0. The van der Waals surface area contributed by atoms with Gasteiger partial charge in [-0.1, -0.05) is 24.3 Å². The molecule has 2 unspecified atom stereocenters. The molecule has 0 N–H and O–H groups in total. The van der Waals surface area contributed by atoms with E-state index in [0.29, 0.717) is 11.1 Å². The van der Waals surface area contributed by atoms with Crippen LogP contribution in [0, 0.1) is 11.8 Å². The van der Waals surface area contributed by atoms with Gasteiger partial charge in [-0.2, -0.15) is 0 Å². The van der Waals surface area contributed by atoms with E-state index in [-0.39, 0.29) is 23.4 Å². The van der Waals surface area contributed by atoms with E-state index in [9.17, 15) is 9.59 Å². The van der Waals surface area contributed by atoms with Gasteiger partial charge in [0.1, 0.15) is 0 Å². The van der Waals surface area contributed by atoms with Crippen molar-refractivity contribution in [3.05, 3.63) is 47.6 Å². The molecule has 3 aliphatic carbocycles. The Bertz CT molecular complexity index is 496. The first-order valence-electron chi connectivity index (χ1n) is 7.61. The van der Waals surface area contributed by atoms with Gasteiger partial charge in [-0.3, -0.25) is 9.59 Å². The number of hydrogen-bond acceptors (Lipinski definition) is 2. The fourth-order valence-corrected chi connectivity index (χ4v) is 3.31. The molecule has 0 saturated carbocycles. The highest BCUT2D eigenvalue weighted by Gasteiger charge is 2.28. The lowest BCUT2D eigenvalue weighted by atomic mass is 9.79. The van der Waals surface area contributed by atoms with E-state index >= 15 is 0 Å². The molecule has 0 bridgehead atoms. The molecule has 0 amide bonds. The van der Waals surface area contributed by atoms with Gasteiger partial charge in [-0.25, -0.2) is 0 Å². The number of ketones is 2. The summed E-state index contributed by atoms with van der Waals surface area (Å²) in [6, 6.07) is 0. The molecule has 0 aromatic heterocycles. The molecule has 104 valence electrons. The van der Waals surface area contributed by atoms with Crippen molar-refractivity contribution in [3.8, 4) is 0 Å². The van der Waals surface area contributed by atoms with Crippen LogP contribution in [0.25, 0.3) is 0 Å². The zero-order valence-electron chi connectivity index (χ0n) is 11.7. The molecule has 0 heterocycles. The van der Waals surface area contributed by atoms with Crippen molar-refractivity contribution in [1.82, 2.24) is 0 Å². The van der Waals surface area contributed by atoms with Gasteiger partial charge in [0, 0.05) is 23.0 Å². The van der Waals surface area contributed by atoms with Gasteiger partial charge in [-0.15, -0.1) is 0 Å². The predicted molar refractivity (Wildman–Crippen MR) is 79.1 cm³/mol. The second-order valence-electron chi connectivity index (χ2n) is 5.86. The third kappa shape index (κ3) is 2.60. The number of carbonyl (C=O) groups is 2. The summed E-state index contributed by atoms with van der Waals surface area (Å²) in [5.41, 5.74) is 1.38. The summed E-state index contributed by atoms with van der Waals surface area (Å²) >= 11 is 0. The number of rotatable bonds is 2. The normalized spacial score (nSPS) is 30.2. The second kappa shape index (κ2) is 5.74. The van der Waals surface area contributed by atoms with E-state index in [1.54, 1.807) is 12.2 Å². The molecule has 0 aromatic rings. The minimum atomic E-state index is 0.0372. The van der Waals surface area contributed by atoms with Crippen LogP contribution in [-0.4, -0.2) is 11.6 Å². The van der Waals surface area contributed by atoms with E-state index in [4.69, 9.17) is 0 Å². The predicted octanol–water partition coefficient (Wildman–Crippen LogP) is 3.70. The molecule has 20 heavy (non-hydrogen) atoms. The van der Waals surface area contributed by atoms with Crippen molar-refractivity contribution in [2.24, 2.45) is 11.8 Å². The van der Waals surface area contributed by atoms with E-state index in [1.807, 2.05) is 0 Å². The van der Waals surface area contributed by atoms with Gasteiger partial charge in [0.05, 0.1) is 0 Å². The van der Waals surface area contributed by atoms with Crippen molar-refractivity contribution in [3.63, 3.8) is 0 Å². The third-order valence-corrected chi connectivity index (χ3v) is 4.45. The Hall–Kier alpha value is -1.70. The maximum absolute atomic E-state index is 12.3. The van der Waals surface area contributed by atoms with E-state index in [2.05, 4.69) is 24.3 Å². The molecule has 3 rings (SSSR count). The topological polar surface area (TPSA) is 34.1 Å². The quantitative estimate of drug-likeness (QED) is 0.565. The minimum absolute atomic E-state index is 0.0372. The van der Waals surface area contributed by atoms with Crippen LogP contribution >= 0.6 is 0 Å². The van der Waals surface area contributed by atoms with Crippen LogP contribution in [0.1, 0.15) is 38.5 Å². The van der Waals surface area contributed by atoms with Gasteiger partial charge >= 0.3 is 0 Å². The first-order valence-corrected chi connectivity index (χ1v) is 7.61. The summed E-state index contributed by atoms with van der Waals surface area (Å²) < 4.78 is 0. The van der Waals surface area contributed by atoms with E-state index < -0.39 is 0 Å². The Morgan fingerprint density at radius 3 is 1.55 bits per heavy atom. The summed E-state index contributed by atoms with van der Waals surface area (Å²) in [4.78, 5) is 24.7. The van der Waals surface area contributed by atoms with Crippen molar-refractivity contribution in [2.75, 3.05) is 0 Å². The average Bonchev–Trinajstić information content (AvgIpc) is 2.51. The standard InChI is InChI=1S/C18H20O2/c19-17-12-16(14-9-5-2-6-10-14)18(20)11-15(17)13-7-3-1-4-8-13/h3,5,7,9,11-14H,1-2,4,6,8,10H2. The molecule has 0 saturated heterocycles. The molecule has 0 radical (unpaired) electrons. The van der Waals surface area contributed by atoms with Gasteiger partial charge in [0.2, 0.25) is 0 Å². The van der Waals surface area contributed by atoms with Crippen LogP contribution in [0.4, 0.5) is 0 Å². The summed E-state index contributed by atoms with van der Waals surface area (Å²) in [5.74, 6) is 0.352. The highest BCUT2D eigenvalue weighted by Crippen LogP contribution is 2.32. The van der Waals surface area contributed by atoms with Crippen LogP contribution in [0.5, 0.6) is 0 Å². The highest BCUT2D eigenvalue weighted by molar-refractivity contribution is 6.20. The van der Waals surface area contributed by atoms with Crippen molar-refractivity contribution < 1.29 is 9.59 Å². The number of allylic oxidation sites excluding steroid dienone is 8. The monoisotopic (exact) mass is 268 g/mol. The highest BCUT2D eigenvalue weighted by atomic mass is 16.1. The first kappa shape index (κ1) is 13.3. The smallest absolute Gasteiger partial charge is 0.182 e. The molecule has 0 fully saturated rings. The Balaban J connectivity index is 1.82. The van der Waals surface area contributed by atoms with Gasteiger partial charge in [0.25, 0.3) is 0 Å². The van der Waals surface area contributed by atoms with Gasteiger partial charge in [0.15, 0.2) is 11.6 Å². The molecule has 2 atom stereocenters. The lowest BCUT2D eigenvalue weighted by molar-refractivity contribution is -0.115. The zero-order chi connectivity index (χ0) is 13.9. The maximum Gasteiger partial charge on any atom is 0.182 e. The molecule has 0 spiro atoms. The lowest BCUT2D eigenvalue weighted by Gasteiger charge is -2.24. The van der Waals surface area contributed by atoms with E-state index in [1.165, 1.54) is 0 Å². The Kier molecular flexibility index (Phi) is 3.81. The fraction of sp³-hybridized carbons (Fsp3) is 0.444. The van der Waals surface area contributed by atoms with Crippen molar-refractivity contribution in [2.45, 2.75) is 38.5 Å². The summed E-state index contributed by atoms with van der Waals surface area (Å²) in [5, 5.41) is 0. The van der Waals surface area contributed by atoms with Crippen LogP contribution in [0.15, 0.2) is 47.6 Å². The molecule has 2 nitrogen and oxygen atoms in total. The van der Waals surface area contributed by atoms with Crippen LogP contribution in [0.3, 0.4) is 0 Å². The molecular formula is C18H20O2. The van der Waals surface area contributed by atoms with Crippen molar-refractivity contribution >= 4 is 11.6 Å². The molecule has 0 aliphatic heterocycles. The summed E-state index contributed by atoms with van der Waals surface area (Å²) in [7, 11) is 0. The average molecular weight is 268 g/mol. The summed E-state index contributed by atoms with van der Waals surface area (Å²) in [6.07, 6.45) is 17.9. The van der Waals surface area contributed by atoms with Gasteiger partial charge in [-0.05, 0) is 50.7 Å². The SMILES string of the molecule is O=C1C=C(C2C=CCCC2)C(=O)C=C1C1C=CCCC1. The van der Waals surface area contributed by atoms with Crippen molar-refractivity contribution in [1.29, 1.82) is 0 Å². The molecule has 3 aliphatic rings. The van der Waals surface area contributed by atoms with Gasteiger partial charge < -0.3 is 0 Å². The molecular weight excluding hydrogens is 248 g/mol. The van der Waals surface area contributed by atoms with Crippen LogP contribution in [0.2, 0.25) is 0 Å². The second-order valence-corrected chi connectivity index (χ2v) is 5.86. The van der Waals surface area contributed by atoms with Crippen LogP contribution < -0.4 is 0 Å². The number of hydrogen-bond donors (Lipinski definition) is 0. The zero-order valence-corrected chi connectivity index (χ0v) is 11.7. The number of carbonyl (C=O) groups excluding carboxylic acids is 2. The van der Waals surface area contributed by atoms with E-state index in [0.717, 1.165) is 38.5 Å². The first-order chi connectivity index (χ1) is 9.75. The molecule has 0 aromatic carbocycles. The molecule has 2 heteroatoms.